The highest BCUT2D eigenvalue weighted by Crippen LogP contribution is 2.39. The fourth-order valence-corrected chi connectivity index (χ4v) is 6.63. The molecule has 5 nitrogen and oxygen atoms in total. The van der Waals surface area contributed by atoms with Crippen molar-refractivity contribution in [2.24, 2.45) is 0 Å². The zero-order valence-corrected chi connectivity index (χ0v) is 21.3. The summed E-state index contributed by atoms with van der Waals surface area (Å²) in [7, 11) is 2.11. The summed E-state index contributed by atoms with van der Waals surface area (Å²) in [4.78, 5) is 35.0. The maximum atomic E-state index is 13.1. The van der Waals surface area contributed by atoms with Crippen LogP contribution in [0.2, 0.25) is 0 Å². The lowest BCUT2D eigenvalue weighted by atomic mass is 10.1. The van der Waals surface area contributed by atoms with Crippen molar-refractivity contribution in [3.63, 3.8) is 0 Å². The number of Topliss-reactive ketones (excluding diaryl/α,β-unsaturated/α-hetero) is 1. The first-order valence-electron chi connectivity index (χ1n) is 10.7. The number of rotatable bonds is 6. The molecule has 5 rings (SSSR count). The minimum absolute atomic E-state index is 0.0251. The molecule has 2 aromatic carbocycles. The molecule has 0 amide bonds. The van der Waals surface area contributed by atoms with Gasteiger partial charge in [0.25, 0.3) is 0 Å². The van der Waals surface area contributed by atoms with Crippen LogP contribution in [0.5, 0.6) is 0 Å². The van der Waals surface area contributed by atoms with Crippen LogP contribution >= 0.6 is 39.0 Å². The molecule has 0 atom stereocenters. The van der Waals surface area contributed by atoms with E-state index >= 15 is 0 Å². The Bertz CT molecular complexity index is 1380. The molecule has 0 radical (unpaired) electrons. The highest BCUT2D eigenvalue weighted by atomic mass is 79.9. The van der Waals surface area contributed by atoms with Gasteiger partial charge in [0.15, 0.2) is 5.78 Å². The van der Waals surface area contributed by atoms with Crippen LogP contribution in [0, 0.1) is 0 Å². The van der Waals surface area contributed by atoms with Crippen LogP contribution in [0.1, 0.15) is 26.4 Å². The van der Waals surface area contributed by atoms with Crippen molar-refractivity contribution in [2.45, 2.75) is 24.5 Å². The molecule has 4 aromatic rings. The van der Waals surface area contributed by atoms with Crippen LogP contribution in [-0.2, 0) is 19.5 Å². The van der Waals surface area contributed by atoms with Gasteiger partial charge in [0.1, 0.15) is 9.86 Å². The van der Waals surface area contributed by atoms with E-state index in [1.165, 1.54) is 22.2 Å². The number of likely N-dealkylation sites (N-methyl/N-ethyl adjacent to an activating group) is 1. The van der Waals surface area contributed by atoms with Gasteiger partial charge in [-0.05, 0) is 36.7 Å². The second kappa shape index (κ2) is 9.54. The Morgan fingerprint density at radius 1 is 1.15 bits per heavy atom. The Balaban J connectivity index is 1.55. The number of carbonyl (C=O) groups excluding carboxylic acids is 1. The molecule has 1 aliphatic heterocycles. The van der Waals surface area contributed by atoms with Gasteiger partial charge >= 0.3 is 5.69 Å². The largest absolute Gasteiger partial charge is 0.350 e. The number of aromatic nitrogens is 2. The molecule has 0 spiro atoms. The summed E-state index contributed by atoms with van der Waals surface area (Å²) in [6.45, 7) is 2.32. The number of hydrogen-bond acceptors (Lipinski definition) is 6. The lowest BCUT2D eigenvalue weighted by Gasteiger charge is -2.22. The zero-order chi connectivity index (χ0) is 22.9. The lowest BCUT2D eigenvalue weighted by Crippen LogP contribution is -2.26. The Morgan fingerprint density at radius 2 is 1.91 bits per heavy atom. The Hall–Kier alpha value is -2.26. The molecule has 8 heteroatoms. The molecule has 0 saturated heterocycles. The molecule has 1 aliphatic rings. The van der Waals surface area contributed by atoms with Crippen LogP contribution in [0.4, 0.5) is 0 Å². The number of fused-ring (bicyclic) bond motifs is 3. The minimum atomic E-state index is -0.267. The highest BCUT2D eigenvalue weighted by Gasteiger charge is 2.25. The molecule has 0 bridgehead atoms. The normalized spacial score (nSPS) is 13.9. The number of carbonyl (C=O) groups is 1. The van der Waals surface area contributed by atoms with E-state index in [0.29, 0.717) is 17.1 Å². The van der Waals surface area contributed by atoms with Crippen molar-refractivity contribution in [2.75, 3.05) is 19.3 Å². The Labute approximate surface area is 208 Å². The highest BCUT2D eigenvalue weighted by molar-refractivity contribution is 9.10. The maximum absolute atomic E-state index is 13.1. The summed E-state index contributed by atoms with van der Waals surface area (Å²) in [5, 5.41) is 1.70. The van der Waals surface area contributed by atoms with Crippen molar-refractivity contribution in [1.29, 1.82) is 0 Å². The molecule has 0 fully saturated rings. The fraction of sp³-hybridized carbons (Fsp3) is 0.240. The van der Waals surface area contributed by atoms with E-state index in [2.05, 4.69) is 32.9 Å². The summed E-state index contributed by atoms with van der Waals surface area (Å²) >= 11 is 6.47. The van der Waals surface area contributed by atoms with Crippen LogP contribution in [0.25, 0.3) is 10.2 Å². The quantitative estimate of drug-likeness (QED) is 0.191. The van der Waals surface area contributed by atoms with Gasteiger partial charge in [-0.2, -0.15) is 4.98 Å². The Morgan fingerprint density at radius 3 is 2.67 bits per heavy atom. The van der Waals surface area contributed by atoms with E-state index < -0.39 is 0 Å². The molecule has 0 saturated carbocycles. The van der Waals surface area contributed by atoms with Gasteiger partial charge in [0, 0.05) is 33.4 Å². The van der Waals surface area contributed by atoms with Gasteiger partial charge in [-0.15, -0.1) is 11.3 Å². The van der Waals surface area contributed by atoms with Gasteiger partial charge in [-0.3, -0.25) is 9.36 Å². The first-order chi connectivity index (χ1) is 16.0. The minimum Gasteiger partial charge on any atom is -0.302 e. The smallest absolute Gasteiger partial charge is 0.302 e. The van der Waals surface area contributed by atoms with E-state index in [0.717, 1.165) is 39.8 Å². The lowest BCUT2D eigenvalue weighted by molar-refractivity contribution is 0.102. The third-order valence-electron chi connectivity index (χ3n) is 5.80. The average Bonchev–Trinajstić information content (AvgIpc) is 3.19. The third kappa shape index (κ3) is 4.71. The number of ketones is 1. The van der Waals surface area contributed by atoms with E-state index in [1.807, 2.05) is 54.6 Å². The van der Waals surface area contributed by atoms with Crippen LogP contribution < -0.4 is 5.69 Å². The van der Waals surface area contributed by atoms with Gasteiger partial charge in [0.05, 0.1) is 12.3 Å². The number of thiophene rings is 1. The van der Waals surface area contributed by atoms with Crippen molar-refractivity contribution in [1.82, 2.24) is 14.5 Å². The van der Waals surface area contributed by atoms with E-state index in [9.17, 15) is 9.59 Å². The molecule has 0 unspecified atom stereocenters. The monoisotopic (exact) mass is 539 g/mol. The van der Waals surface area contributed by atoms with Gasteiger partial charge in [-0.25, -0.2) is 4.79 Å². The van der Waals surface area contributed by atoms with Gasteiger partial charge in [0.2, 0.25) is 0 Å². The standard InChI is InChI=1S/C25H22BrN3O2S2/c1-28-12-11-21-19(14-28)22-23(32-15-20(30)17-7-9-18(26)10-8-17)27-25(31)29(24(22)33-21)13-16-5-3-2-4-6-16/h2-10H,11-15H2,1H3. The molecule has 33 heavy (non-hydrogen) atoms. The van der Waals surface area contributed by atoms with E-state index in [-0.39, 0.29) is 17.2 Å². The van der Waals surface area contributed by atoms with Gasteiger partial charge < -0.3 is 4.90 Å². The molecule has 3 heterocycles. The molecule has 0 aliphatic carbocycles. The second-order valence-corrected chi connectivity index (χ2v) is 11.1. The third-order valence-corrected chi connectivity index (χ3v) is 8.62. The topological polar surface area (TPSA) is 55.2 Å². The molecule has 0 N–H and O–H groups in total. The van der Waals surface area contributed by atoms with Crippen molar-refractivity contribution < 1.29 is 4.79 Å². The van der Waals surface area contributed by atoms with Crippen LogP contribution in [-0.4, -0.2) is 39.6 Å². The predicted octanol–water partition coefficient (Wildman–Crippen LogP) is 5.23. The molecular weight excluding hydrogens is 518 g/mol. The van der Waals surface area contributed by atoms with E-state index in [4.69, 9.17) is 0 Å². The van der Waals surface area contributed by atoms with Crippen molar-refractivity contribution >= 4 is 55.0 Å². The summed E-state index contributed by atoms with van der Waals surface area (Å²) in [5.74, 6) is 0.268. The molecular formula is C25H22BrN3O2S2. The summed E-state index contributed by atoms with van der Waals surface area (Å²) in [6.07, 6.45) is 0.965. The second-order valence-electron chi connectivity index (χ2n) is 8.16. The molecule has 2 aromatic heterocycles. The first-order valence-corrected chi connectivity index (χ1v) is 13.3. The summed E-state index contributed by atoms with van der Waals surface area (Å²) in [5.41, 5.74) is 2.71. The zero-order valence-electron chi connectivity index (χ0n) is 18.1. The fourth-order valence-electron chi connectivity index (χ4n) is 4.07. The van der Waals surface area contributed by atoms with Crippen LogP contribution in [0.3, 0.4) is 0 Å². The number of benzene rings is 2. The number of nitrogens with zero attached hydrogens (tertiary/aromatic N) is 3. The maximum Gasteiger partial charge on any atom is 0.350 e. The number of halogens is 1. The summed E-state index contributed by atoms with van der Waals surface area (Å²) < 4.78 is 2.72. The van der Waals surface area contributed by atoms with Crippen molar-refractivity contribution in [3.05, 3.63) is 91.1 Å². The van der Waals surface area contributed by atoms with E-state index in [1.54, 1.807) is 15.9 Å². The number of hydrogen-bond donors (Lipinski definition) is 0. The SMILES string of the molecule is CN1CCc2sc3c(c(SCC(=O)c4ccc(Br)cc4)nc(=O)n3Cc3ccccc3)c2C1. The average molecular weight is 541 g/mol. The van der Waals surface area contributed by atoms with Gasteiger partial charge in [-0.1, -0.05) is 70.2 Å². The van der Waals surface area contributed by atoms with Crippen LogP contribution in [0.15, 0.2) is 68.9 Å². The van der Waals surface area contributed by atoms with Crippen molar-refractivity contribution in [3.8, 4) is 0 Å². The number of thioether (sulfide) groups is 1. The predicted molar refractivity (Wildman–Crippen MR) is 139 cm³/mol. The molecule has 168 valence electrons. The summed E-state index contributed by atoms with van der Waals surface area (Å²) in [6, 6.07) is 17.4. The first kappa shape index (κ1) is 22.5. The Kier molecular flexibility index (Phi) is 6.51.